The van der Waals surface area contributed by atoms with Crippen LogP contribution in [0.5, 0.6) is 23.0 Å². The van der Waals surface area contributed by atoms with E-state index in [1.165, 1.54) is 210 Å². The lowest BCUT2D eigenvalue weighted by Gasteiger charge is -2.39. The lowest BCUT2D eigenvalue weighted by atomic mass is 9.84. The molecule has 18 rings (SSSR count). The number of unbranched alkanes of at least 4 members (excludes halogenated alkanes) is 2. The van der Waals surface area contributed by atoms with Crippen LogP contribution in [0.1, 0.15) is 174 Å². The fraction of sp³-hybridized carbons (Fsp3) is 0.370. The third-order valence-corrected chi connectivity index (χ3v) is 32.1. The van der Waals surface area contributed by atoms with Gasteiger partial charge in [-0.25, -0.2) is 4.98 Å². The van der Waals surface area contributed by atoms with Gasteiger partial charge in [0.05, 0.1) is 60.1 Å². The zero-order chi connectivity index (χ0) is 94.2. The summed E-state index contributed by atoms with van der Waals surface area (Å²) >= 11 is 3.46. The van der Waals surface area contributed by atoms with Crippen molar-refractivity contribution in [2.45, 2.75) is 229 Å². The Morgan fingerprint density at radius 2 is 0.679 bits per heavy atom. The van der Waals surface area contributed by atoms with Crippen molar-refractivity contribution < 1.29 is 18.9 Å². The Balaban J connectivity index is 0.000000151. The van der Waals surface area contributed by atoms with Gasteiger partial charge in [-0.15, -0.1) is 0 Å². The fourth-order valence-corrected chi connectivity index (χ4v) is 23.6. The summed E-state index contributed by atoms with van der Waals surface area (Å²) in [6.45, 7) is 23.3. The molecule has 134 heavy (non-hydrogen) atoms. The number of methoxy groups -OCH3 is 2. The molecule has 0 bridgehead atoms. The first kappa shape index (κ1) is 105. The van der Waals surface area contributed by atoms with Gasteiger partial charge in [-0.1, -0.05) is 213 Å². The molecule has 1 aromatic heterocycles. The molecule has 13 aromatic rings. The van der Waals surface area contributed by atoms with E-state index in [0.717, 1.165) is 96.2 Å². The number of hydrogen-bond acceptors (Lipinski definition) is 10. The Hall–Kier alpha value is -9.91. The number of likely N-dealkylation sites (tertiary alicyclic amines) is 4. The van der Waals surface area contributed by atoms with E-state index in [2.05, 4.69) is 375 Å². The van der Waals surface area contributed by atoms with Crippen LogP contribution in [0.25, 0.3) is 11.4 Å². The molecular weight excluding hydrogens is 1720 g/mol. The summed E-state index contributed by atoms with van der Waals surface area (Å²) in [4.78, 5) is 32.9. The predicted octanol–water partition coefficient (Wildman–Crippen LogP) is 28.1. The monoisotopic (exact) mass is 1870 g/mol. The molecule has 15 heteroatoms. The molecule has 4 saturated heterocycles. The third-order valence-electron chi connectivity index (χ3n) is 25.1. The highest BCUT2D eigenvalue weighted by atomic mass is 32.2. The Kier molecular flexibility index (Phi) is 45.7. The second-order valence-corrected chi connectivity index (χ2v) is 43.1. The Bertz CT molecular complexity index is 4900. The summed E-state index contributed by atoms with van der Waals surface area (Å²) < 4.78 is 21.7. The molecule has 12 aromatic carbocycles. The number of imidazole rings is 1. The maximum absolute atomic E-state index is 5.80. The minimum Gasteiger partial charge on any atom is -0.497 e. The number of aromatic amines is 1. The molecule has 0 atom stereocenters. The van der Waals surface area contributed by atoms with E-state index in [1.54, 1.807) is 26.6 Å². The van der Waals surface area contributed by atoms with Crippen LogP contribution in [0.3, 0.4) is 0 Å². The zero-order valence-corrected chi connectivity index (χ0v) is 85.6. The van der Waals surface area contributed by atoms with Crippen LogP contribution in [-0.4, -0.2) is 150 Å². The average molecular weight is 1870 g/mol. The van der Waals surface area contributed by atoms with Gasteiger partial charge in [0.25, 0.3) is 0 Å². The molecule has 5 fully saturated rings. The number of aromatic nitrogens is 2. The first-order valence-electron chi connectivity index (χ1n) is 49.3. The average Bonchev–Trinajstić information content (AvgIpc) is 0.917. The fourth-order valence-electron chi connectivity index (χ4n) is 17.2. The molecule has 0 amide bonds. The van der Waals surface area contributed by atoms with Crippen LogP contribution in [0.2, 0.25) is 0 Å². The van der Waals surface area contributed by atoms with Crippen molar-refractivity contribution in [2.24, 2.45) is 0 Å². The molecule has 0 unspecified atom stereocenters. The molecule has 4 aliphatic heterocycles. The van der Waals surface area contributed by atoms with Crippen LogP contribution >= 0.6 is 0 Å². The SMILES string of the molecule is CC(C)(C)c1ccc([SH2+])cc1.CCCCOc1ccc([S+](c2ccccc2)c2ccccc2)cc1.CCCCOc1ccc([S+](c2ccccc2)c2ccccc2)cc1.CN1CCC(N2CCCCC2)CC1.CN1CCC(N2CCCCC2)CC1.COc1ccc(-c2ncc[nH]2)cc1.COc1ccc(N(C)C)cc1.c1ccc([S+](c2ccccc2)c2ccc(C3CCCCC3)cc2)cc1. The van der Waals surface area contributed by atoms with Crippen molar-refractivity contribution in [1.29, 1.82) is 0 Å². The number of rotatable bonds is 24. The van der Waals surface area contributed by atoms with Crippen LogP contribution < -0.4 is 23.8 Å². The summed E-state index contributed by atoms with van der Waals surface area (Å²) in [5.74, 6) is 5.32. The second-order valence-electron chi connectivity index (χ2n) is 36.4. The molecule has 0 radical (unpaired) electrons. The number of hydrogen-bond donors (Lipinski definition) is 1. The highest BCUT2D eigenvalue weighted by molar-refractivity contribution is 7.97. The van der Waals surface area contributed by atoms with Crippen molar-refractivity contribution in [3.8, 4) is 34.4 Å². The molecule has 1 saturated carbocycles. The van der Waals surface area contributed by atoms with Crippen molar-refractivity contribution >= 4 is 51.0 Å². The molecule has 5 aliphatic rings. The van der Waals surface area contributed by atoms with E-state index in [-0.39, 0.29) is 38.1 Å². The number of anilines is 1. The summed E-state index contributed by atoms with van der Waals surface area (Å²) in [6, 6.07) is 117. The number of nitrogens with zero attached hydrogens (tertiary/aromatic N) is 6. The molecule has 1 N–H and O–H groups in total. The van der Waals surface area contributed by atoms with Crippen LogP contribution in [-0.2, 0) is 50.7 Å². The van der Waals surface area contributed by atoms with Crippen LogP contribution in [0.15, 0.2) is 389 Å². The summed E-state index contributed by atoms with van der Waals surface area (Å²) in [5, 5.41) is 0. The van der Waals surface area contributed by atoms with Gasteiger partial charge >= 0.3 is 0 Å². The van der Waals surface area contributed by atoms with Crippen molar-refractivity contribution in [1.82, 2.24) is 29.6 Å². The molecule has 11 nitrogen and oxygen atoms in total. The molecule has 1 aliphatic carbocycles. The number of nitrogens with one attached hydrogen (secondary N) is 1. The lowest BCUT2D eigenvalue weighted by Crippen LogP contribution is -2.45. The molecule has 0 spiro atoms. The third kappa shape index (κ3) is 35.3. The van der Waals surface area contributed by atoms with Gasteiger partial charge in [-0.05, 0) is 373 Å². The standard InChI is InChI=1S/C24H25S.2C22H23OS.2C11H22N2.C10H10N2O.C10H14S.C9H13NO/c1-4-10-20(11-5-1)21-16-18-24(19-17-21)25(22-12-6-2-7-13-22)23-14-8-3-9-15-23;2*1-2-3-18-23-19-14-16-22(17-15-19)24(20-10-6-4-7-11-20)21-12-8-5-9-13-21;2*1-12-9-5-11(6-10-12)13-7-3-2-4-8-13;1-13-9-4-2-8(3-5-9)10-11-6-7-12-10;1-10(2,3)8-4-6-9(11)7-5-8;1-10(2)8-4-6-9(11-3)7-5-8/h2-3,6-9,12-20H,1,4-5,10-11H2;2*4-17H,2-3,18H2,1H3;2*11H,2-10H2,1H3;2-7H,1H3,(H,11,12);4-7,11H,1-3H3;4-7H,1-3H3/q3*+1;;;;;/p+1. The minimum atomic E-state index is -0.0858. The topological polar surface area (TPSA) is 81.8 Å². The van der Waals surface area contributed by atoms with E-state index < -0.39 is 0 Å². The molecule has 708 valence electrons. The number of H-pyrrole nitrogens is 1. The van der Waals surface area contributed by atoms with Gasteiger partial charge < -0.3 is 48.4 Å². The normalized spacial score (nSPS) is 15.1. The first-order valence-corrected chi connectivity index (χ1v) is 53.4. The Morgan fingerprint density at radius 1 is 0.366 bits per heavy atom. The van der Waals surface area contributed by atoms with Crippen molar-refractivity contribution in [3.05, 3.63) is 351 Å². The second kappa shape index (κ2) is 58.5. The largest absolute Gasteiger partial charge is 0.497 e. The molecular formula is C119H153N7O4S4+4. The van der Waals surface area contributed by atoms with E-state index in [1.807, 2.05) is 62.6 Å². The van der Waals surface area contributed by atoms with Gasteiger partial charge in [-0.3, -0.25) is 0 Å². The van der Waals surface area contributed by atoms with Crippen LogP contribution in [0, 0.1) is 0 Å². The van der Waals surface area contributed by atoms with Gasteiger partial charge in [0.1, 0.15) is 33.7 Å². The highest BCUT2D eigenvalue weighted by Crippen LogP contribution is 2.39. The number of piperidine rings is 4. The van der Waals surface area contributed by atoms with Gasteiger partial charge in [-0.2, -0.15) is 0 Å². The summed E-state index contributed by atoms with van der Waals surface area (Å²) in [5.41, 5.74) is 5.42. The number of benzene rings is 12. The summed E-state index contributed by atoms with van der Waals surface area (Å²) in [6.07, 6.45) is 29.2. The quantitative estimate of drug-likeness (QED) is 0.0467. The van der Waals surface area contributed by atoms with E-state index in [9.17, 15) is 0 Å². The van der Waals surface area contributed by atoms with E-state index >= 15 is 0 Å². The van der Waals surface area contributed by atoms with Gasteiger partial charge in [0, 0.05) is 49.8 Å². The Morgan fingerprint density at radius 3 is 0.985 bits per heavy atom. The van der Waals surface area contributed by atoms with E-state index in [4.69, 9.17) is 18.9 Å². The maximum atomic E-state index is 5.80. The zero-order valence-electron chi connectivity index (χ0n) is 82.1. The van der Waals surface area contributed by atoms with E-state index in [0.29, 0.717) is 0 Å². The molecule has 5 heterocycles. The van der Waals surface area contributed by atoms with Crippen LogP contribution in [0.4, 0.5) is 5.69 Å². The minimum absolute atomic E-state index is 0.0278. The van der Waals surface area contributed by atoms with Gasteiger partial charge in [0.15, 0.2) is 44.1 Å². The number of ether oxygens (including phenoxy) is 4. The lowest BCUT2D eigenvalue weighted by molar-refractivity contribution is 0.103. The van der Waals surface area contributed by atoms with Crippen molar-refractivity contribution in [2.75, 3.05) is 113 Å². The predicted molar refractivity (Wildman–Crippen MR) is 574 cm³/mol. The van der Waals surface area contributed by atoms with Gasteiger partial charge in [0.2, 0.25) is 0 Å². The maximum Gasteiger partial charge on any atom is 0.166 e. The Labute approximate surface area is 820 Å². The summed E-state index contributed by atoms with van der Waals surface area (Å²) in [7, 11) is 11.6. The van der Waals surface area contributed by atoms with Crippen molar-refractivity contribution in [3.63, 3.8) is 0 Å². The smallest absolute Gasteiger partial charge is 0.166 e. The highest BCUT2D eigenvalue weighted by Gasteiger charge is 2.33. The first-order chi connectivity index (χ1) is 65.5.